The minimum atomic E-state index is -1.23. The summed E-state index contributed by atoms with van der Waals surface area (Å²) < 4.78 is 0. The fourth-order valence-electron chi connectivity index (χ4n) is 0.249. The molecule has 45 valence electrons. The molecule has 1 N–H and O–H groups in total. The Morgan fingerprint density at radius 3 is 2.00 bits per heavy atom. The Balaban J connectivity index is 3.69. The van der Waals surface area contributed by atoms with E-state index in [2.05, 4.69) is 31.1 Å². The van der Waals surface area contributed by atoms with Gasteiger partial charge in [0.25, 0.3) is 0 Å². The van der Waals surface area contributed by atoms with Gasteiger partial charge in [-0.05, 0) is 0 Å². The van der Waals surface area contributed by atoms with Crippen LogP contribution in [0.1, 0.15) is 0 Å². The highest BCUT2D eigenvalue weighted by Gasteiger charge is 2.06. The molecule has 0 atom stereocenters. The van der Waals surface area contributed by atoms with E-state index < -0.39 is 8.07 Å². The molecule has 0 spiro atoms. The van der Waals surface area contributed by atoms with Crippen LogP contribution in [0.25, 0.3) is 0 Å². The third-order valence-electron chi connectivity index (χ3n) is 0.512. The van der Waals surface area contributed by atoms with Crippen LogP contribution in [0.15, 0.2) is 0 Å². The van der Waals surface area contributed by atoms with Crippen molar-refractivity contribution in [3.8, 4) is 11.5 Å². The van der Waals surface area contributed by atoms with E-state index in [1.165, 1.54) is 0 Å². The zero-order chi connectivity index (χ0) is 6.62. The van der Waals surface area contributed by atoms with Crippen LogP contribution in [-0.4, -0.2) is 13.2 Å². The Kier molecular flexibility index (Phi) is 2.81. The molecule has 8 heavy (non-hydrogen) atoms. The van der Waals surface area contributed by atoms with Gasteiger partial charge in [0, 0.05) is 0 Å². The molecular weight excluding hydrogens is 116 g/mol. The molecular formula is C6H11OSi. The normalized spacial score (nSPS) is 10.0. The fourth-order valence-corrected chi connectivity index (χ4v) is 0.746. The van der Waals surface area contributed by atoms with E-state index in [9.17, 15) is 0 Å². The highest BCUT2D eigenvalue weighted by molar-refractivity contribution is 6.83. The number of aliphatic hydroxyl groups is 1. The largest absolute Gasteiger partial charge is 0.377 e. The van der Waals surface area contributed by atoms with E-state index in [1.807, 2.05) is 0 Å². The first-order valence-corrected chi connectivity index (χ1v) is 6.05. The zero-order valence-electron chi connectivity index (χ0n) is 5.52. The van der Waals surface area contributed by atoms with Gasteiger partial charge in [-0.1, -0.05) is 25.6 Å². The molecule has 0 bridgehead atoms. The van der Waals surface area contributed by atoms with E-state index in [4.69, 9.17) is 5.11 Å². The van der Waals surface area contributed by atoms with Crippen LogP contribution in [-0.2, 0) is 0 Å². The average molecular weight is 127 g/mol. The smallest absolute Gasteiger partial charge is 0.151 e. The van der Waals surface area contributed by atoms with Crippen LogP contribution < -0.4 is 0 Å². The molecule has 0 heterocycles. The third-order valence-corrected chi connectivity index (χ3v) is 1.41. The molecule has 0 aliphatic carbocycles. The Hall–Kier alpha value is -0.263. The Morgan fingerprint density at radius 2 is 1.88 bits per heavy atom. The van der Waals surface area contributed by atoms with Crippen molar-refractivity contribution in [3.05, 3.63) is 6.61 Å². The summed E-state index contributed by atoms with van der Waals surface area (Å²) in [6, 6.07) is 0. The summed E-state index contributed by atoms with van der Waals surface area (Å²) in [5.41, 5.74) is 2.95. The van der Waals surface area contributed by atoms with E-state index in [0.29, 0.717) is 0 Å². The first-order chi connectivity index (χ1) is 3.56. The lowest BCUT2D eigenvalue weighted by Gasteiger charge is -2.02. The SMILES string of the molecule is C[Si](C)(C)C#C[CH]O. The van der Waals surface area contributed by atoms with Gasteiger partial charge in [-0.3, -0.25) is 0 Å². The van der Waals surface area contributed by atoms with Crippen LogP contribution in [0.3, 0.4) is 0 Å². The van der Waals surface area contributed by atoms with Crippen LogP contribution >= 0.6 is 0 Å². The van der Waals surface area contributed by atoms with E-state index in [0.717, 1.165) is 6.61 Å². The van der Waals surface area contributed by atoms with Gasteiger partial charge in [-0.2, -0.15) is 0 Å². The summed E-state index contributed by atoms with van der Waals surface area (Å²) in [4.78, 5) is 0. The molecule has 0 aromatic heterocycles. The number of hydrogen-bond acceptors (Lipinski definition) is 1. The summed E-state index contributed by atoms with van der Waals surface area (Å²) in [7, 11) is -1.23. The summed E-state index contributed by atoms with van der Waals surface area (Å²) in [5.74, 6) is 2.53. The second kappa shape index (κ2) is 2.90. The molecule has 0 aliphatic heterocycles. The molecule has 0 fully saturated rings. The Bertz CT molecular complexity index is 113. The lowest BCUT2D eigenvalue weighted by molar-refractivity contribution is 0.427. The van der Waals surface area contributed by atoms with Crippen molar-refractivity contribution in [1.29, 1.82) is 0 Å². The van der Waals surface area contributed by atoms with Crippen LogP contribution in [0.4, 0.5) is 0 Å². The Labute approximate surface area is 51.7 Å². The van der Waals surface area contributed by atoms with Gasteiger partial charge in [0.1, 0.15) is 8.07 Å². The standard InChI is InChI=1S/C6H11OSi/c1-8(2,3)6-4-5-7/h5,7H,1-3H3. The highest BCUT2D eigenvalue weighted by atomic mass is 28.3. The summed E-state index contributed by atoms with van der Waals surface area (Å²) in [6.07, 6.45) is 0. The third kappa shape index (κ3) is 5.74. The van der Waals surface area contributed by atoms with E-state index in [-0.39, 0.29) is 0 Å². The molecule has 0 saturated heterocycles. The average Bonchev–Trinajstić information content (AvgIpc) is 1.59. The minimum Gasteiger partial charge on any atom is -0.377 e. The number of hydrogen-bond donors (Lipinski definition) is 1. The second-order valence-corrected chi connectivity index (χ2v) is 7.40. The minimum absolute atomic E-state index is 0.901. The molecule has 0 rings (SSSR count). The van der Waals surface area contributed by atoms with Gasteiger partial charge >= 0.3 is 0 Å². The number of rotatable bonds is 0. The second-order valence-electron chi connectivity index (χ2n) is 2.65. The maximum Gasteiger partial charge on any atom is 0.151 e. The Morgan fingerprint density at radius 1 is 1.38 bits per heavy atom. The van der Waals surface area contributed by atoms with E-state index >= 15 is 0 Å². The van der Waals surface area contributed by atoms with Gasteiger partial charge in [0.2, 0.25) is 0 Å². The highest BCUT2D eigenvalue weighted by Crippen LogP contribution is 1.95. The van der Waals surface area contributed by atoms with E-state index in [1.54, 1.807) is 0 Å². The first-order valence-electron chi connectivity index (χ1n) is 2.55. The van der Waals surface area contributed by atoms with Crippen molar-refractivity contribution < 1.29 is 5.11 Å². The van der Waals surface area contributed by atoms with Crippen molar-refractivity contribution in [3.63, 3.8) is 0 Å². The molecule has 0 aliphatic rings. The quantitative estimate of drug-likeness (QED) is 0.385. The lowest BCUT2D eigenvalue weighted by Crippen LogP contribution is -2.16. The van der Waals surface area contributed by atoms with Crippen molar-refractivity contribution in [2.75, 3.05) is 0 Å². The van der Waals surface area contributed by atoms with Crippen LogP contribution in [0, 0.1) is 18.1 Å². The van der Waals surface area contributed by atoms with Crippen molar-refractivity contribution >= 4 is 8.07 Å². The maximum absolute atomic E-state index is 8.15. The van der Waals surface area contributed by atoms with Gasteiger partial charge in [0.15, 0.2) is 6.61 Å². The maximum atomic E-state index is 8.15. The molecule has 1 radical (unpaired) electrons. The predicted octanol–water partition coefficient (Wildman–Crippen LogP) is 1.40. The molecule has 2 heteroatoms. The van der Waals surface area contributed by atoms with Crippen LogP contribution in [0.5, 0.6) is 0 Å². The monoisotopic (exact) mass is 127 g/mol. The van der Waals surface area contributed by atoms with Gasteiger partial charge in [-0.15, -0.1) is 5.54 Å². The van der Waals surface area contributed by atoms with Gasteiger partial charge in [0.05, 0.1) is 0 Å². The molecule has 0 aromatic carbocycles. The zero-order valence-corrected chi connectivity index (χ0v) is 6.52. The van der Waals surface area contributed by atoms with Gasteiger partial charge < -0.3 is 5.11 Å². The predicted molar refractivity (Wildman–Crippen MR) is 37.4 cm³/mol. The van der Waals surface area contributed by atoms with Crippen molar-refractivity contribution in [2.45, 2.75) is 19.6 Å². The first kappa shape index (κ1) is 7.74. The molecule has 0 amide bonds. The molecule has 1 nitrogen and oxygen atoms in total. The van der Waals surface area contributed by atoms with Crippen molar-refractivity contribution in [1.82, 2.24) is 0 Å². The number of aliphatic hydroxyl groups excluding tert-OH is 1. The summed E-state index contributed by atoms with van der Waals surface area (Å²) >= 11 is 0. The molecule has 0 saturated carbocycles. The molecule has 0 aromatic rings. The molecule has 0 unspecified atom stereocenters. The van der Waals surface area contributed by atoms with Crippen LogP contribution in [0.2, 0.25) is 19.6 Å². The van der Waals surface area contributed by atoms with Gasteiger partial charge in [-0.25, -0.2) is 0 Å². The fraction of sp³-hybridized carbons (Fsp3) is 0.500. The lowest BCUT2D eigenvalue weighted by atomic mass is 10.8. The topological polar surface area (TPSA) is 20.2 Å². The summed E-state index contributed by atoms with van der Waals surface area (Å²) in [5, 5.41) is 8.15. The van der Waals surface area contributed by atoms with Crippen molar-refractivity contribution in [2.24, 2.45) is 0 Å². The summed E-state index contributed by atoms with van der Waals surface area (Å²) in [6.45, 7) is 7.29.